The standard InChI is InChI=1S/C19H34N2/c1-6-15-8-9-17(19(3,4)5)11-18(15)16(7-2)10-14(12-20)13-21/h8-9,11,14,16H,6-7,10,12-13,20-21H2,1-5H3. The van der Waals surface area contributed by atoms with Crippen LogP contribution < -0.4 is 11.5 Å². The molecule has 0 saturated heterocycles. The highest BCUT2D eigenvalue weighted by atomic mass is 14.6. The van der Waals surface area contributed by atoms with Gasteiger partial charge < -0.3 is 11.5 Å². The third-order valence-corrected chi connectivity index (χ3v) is 4.61. The second-order valence-electron chi connectivity index (χ2n) is 7.20. The van der Waals surface area contributed by atoms with Crippen molar-refractivity contribution in [3.8, 4) is 0 Å². The molecule has 0 aliphatic carbocycles. The summed E-state index contributed by atoms with van der Waals surface area (Å²) in [5, 5.41) is 0. The van der Waals surface area contributed by atoms with Gasteiger partial charge >= 0.3 is 0 Å². The van der Waals surface area contributed by atoms with Gasteiger partial charge in [0.05, 0.1) is 0 Å². The highest BCUT2D eigenvalue weighted by Gasteiger charge is 2.21. The molecule has 0 saturated carbocycles. The number of hydrogen-bond acceptors (Lipinski definition) is 2. The van der Waals surface area contributed by atoms with E-state index in [9.17, 15) is 0 Å². The third kappa shape index (κ3) is 4.82. The molecule has 2 heteroatoms. The molecule has 0 aliphatic heterocycles. The summed E-state index contributed by atoms with van der Waals surface area (Å²) in [5.41, 5.74) is 16.3. The Labute approximate surface area is 131 Å². The lowest BCUT2D eigenvalue weighted by molar-refractivity contribution is 0.440. The molecule has 0 fully saturated rings. The van der Waals surface area contributed by atoms with Crippen LogP contribution in [-0.2, 0) is 11.8 Å². The Morgan fingerprint density at radius 1 is 1.05 bits per heavy atom. The molecule has 1 aromatic rings. The van der Waals surface area contributed by atoms with Gasteiger partial charge in [-0.05, 0) is 66.3 Å². The van der Waals surface area contributed by atoms with Gasteiger partial charge in [-0.1, -0.05) is 52.8 Å². The molecule has 4 N–H and O–H groups in total. The second kappa shape index (κ2) is 7.95. The van der Waals surface area contributed by atoms with Crippen molar-refractivity contribution in [2.24, 2.45) is 17.4 Å². The van der Waals surface area contributed by atoms with Crippen LogP contribution >= 0.6 is 0 Å². The predicted molar refractivity (Wildman–Crippen MR) is 93.8 cm³/mol. The zero-order valence-corrected chi connectivity index (χ0v) is 14.6. The topological polar surface area (TPSA) is 52.0 Å². The maximum absolute atomic E-state index is 5.85. The molecule has 0 aromatic heterocycles. The molecule has 1 atom stereocenters. The Hall–Kier alpha value is -0.860. The van der Waals surface area contributed by atoms with Crippen LogP contribution in [0.3, 0.4) is 0 Å². The SMILES string of the molecule is CCc1ccc(C(C)(C)C)cc1C(CC)CC(CN)CN. The highest BCUT2D eigenvalue weighted by molar-refractivity contribution is 5.37. The average molecular weight is 290 g/mol. The van der Waals surface area contributed by atoms with Crippen LogP contribution in [-0.4, -0.2) is 13.1 Å². The maximum Gasteiger partial charge on any atom is -0.00366 e. The van der Waals surface area contributed by atoms with Crippen molar-refractivity contribution < 1.29 is 0 Å². The van der Waals surface area contributed by atoms with Gasteiger partial charge in [0.25, 0.3) is 0 Å². The summed E-state index contributed by atoms with van der Waals surface area (Å²) in [7, 11) is 0. The molecule has 1 aromatic carbocycles. The van der Waals surface area contributed by atoms with Crippen LogP contribution in [0.15, 0.2) is 18.2 Å². The first-order valence-corrected chi connectivity index (χ1v) is 8.40. The summed E-state index contributed by atoms with van der Waals surface area (Å²) >= 11 is 0. The molecule has 21 heavy (non-hydrogen) atoms. The van der Waals surface area contributed by atoms with E-state index in [-0.39, 0.29) is 5.41 Å². The Morgan fingerprint density at radius 2 is 1.67 bits per heavy atom. The summed E-state index contributed by atoms with van der Waals surface area (Å²) < 4.78 is 0. The number of rotatable bonds is 7. The molecule has 2 nitrogen and oxygen atoms in total. The lowest BCUT2D eigenvalue weighted by atomic mass is 9.79. The number of benzene rings is 1. The first-order chi connectivity index (χ1) is 9.87. The van der Waals surface area contributed by atoms with E-state index in [4.69, 9.17) is 11.5 Å². The zero-order valence-electron chi connectivity index (χ0n) is 14.6. The summed E-state index contributed by atoms with van der Waals surface area (Å²) in [6, 6.07) is 7.04. The van der Waals surface area contributed by atoms with Crippen molar-refractivity contribution >= 4 is 0 Å². The van der Waals surface area contributed by atoms with E-state index in [2.05, 4.69) is 52.8 Å². The quantitative estimate of drug-likeness (QED) is 0.798. The van der Waals surface area contributed by atoms with Gasteiger partial charge in [0.1, 0.15) is 0 Å². The van der Waals surface area contributed by atoms with E-state index in [1.54, 1.807) is 0 Å². The molecule has 0 heterocycles. The number of hydrogen-bond donors (Lipinski definition) is 2. The predicted octanol–water partition coefficient (Wildman–Crippen LogP) is 3.96. The fourth-order valence-electron chi connectivity index (χ4n) is 2.97. The van der Waals surface area contributed by atoms with Gasteiger partial charge in [-0.3, -0.25) is 0 Å². The van der Waals surface area contributed by atoms with Crippen LogP contribution in [0.5, 0.6) is 0 Å². The molecule has 0 aliphatic rings. The first kappa shape index (κ1) is 18.2. The molecular formula is C19H34N2. The fourth-order valence-corrected chi connectivity index (χ4v) is 2.97. The van der Waals surface area contributed by atoms with Crippen molar-refractivity contribution in [3.63, 3.8) is 0 Å². The molecule has 1 rings (SSSR count). The van der Waals surface area contributed by atoms with E-state index >= 15 is 0 Å². The van der Waals surface area contributed by atoms with Gasteiger partial charge in [-0.2, -0.15) is 0 Å². The van der Waals surface area contributed by atoms with Crippen molar-refractivity contribution in [2.75, 3.05) is 13.1 Å². The summed E-state index contributed by atoms with van der Waals surface area (Å²) in [4.78, 5) is 0. The summed E-state index contributed by atoms with van der Waals surface area (Å²) in [6.07, 6.45) is 3.34. The van der Waals surface area contributed by atoms with E-state index < -0.39 is 0 Å². The van der Waals surface area contributed by atoms with Gasteiger partial charge in [0.15, 0.2) is 0 Å². The summed E-state index contributed by atoms with van der Waals surface area (Å²) in [6.45, 7) is 12.7. The maximum atomic E-state index is 5.85. The van der Waals surface area contributed by atoms with Crippen molar-refractivity contribution in [3.05, 3.63) is 34.9 Å². The van der Waals surface area contributed by atoms with Crippen LogP contribution in [0.4, 0.5) is 0 Å². The van der Waals surface area contributed by atoms with E-state index in [1.807, 2.05) is 0 Å². The number of aryl methyl sites for hydroxylation is 1. The number of nitrogens with two attached hydrogens (primary N) is 2. The van der Waals surface area contributed by atoms with Crippen LogP contribution in [0.1, 0.15) is 70.1 Å². The minimum Gasteiger partial charge on any atom is -0.330 e. The lowest BCUT2D eigenvalue weighted by Crippen LogP contribution is -2.25. The molecule has 0 radical (unpaired) electrons. The first-order valence-electron chi connectivity index (χ1n) is 8.40. The Bertz CT molecular complexity index is 428. The van der Waals surface area contributed by atoms with Gasteiger partial charge in [0.2, 0.25) is 0 Å². The minimum atomic E-state index is 0.195. The second-order valence-corrected chi connectivity index (χ2v) is 7.20. The molecule has 0 spiro atoms. The van der Waals surface area contributed by atoms with Crippen LogP contribution in [0, 0.1) is 5.92 Å². The van der Waals surface area contributed by atoms with Crippen molar-refractivity contribution in [2.45, 2.75) is 65.2 Å². The smallest absolute Gasteiger partial charge is 0.00366 e. The van der Waals surface area contributed by atoms with E-state index in [0.29, 0.717) is 24.9 Å². The molecule has 0 amide bonds. The molecule has 1 unspecified atom stereocenters. The Balaban J connectivity index is 3.16. The largest absolute Gasteiger partial charge is 0.330 e. The fraction of sp³-hybridized carbons (Fsp3) is 0.684. The van der Waals surface area contributed by atoms with Crippen LogP contribution in [0.2, 0.25) is 0 Å². The highest BCUT2D eigenvalue weighted by Crippen LogP contribution is 2.33. The Kier molecular flexibility index (Phi) is 6.89. The van der Waals surface area contributed by atoms with E-state index in [1.165, 1.54) is 16.7 Å². The zero-order chi connectivity index (χ0) is 16.0. The van der Waals surface area contributed by atoms with Gasteiger partial charge in [-0.25, -0.2) is 0 Å². The van der Waals surface area contributed by atoms with Crippen molar-refractivity contribution in [1.29, 1.82) is 0 Å². The monoisotopic (exact) mass is 290 g/mol. The molecule has 120 valence electrons. The molecule has 0 bridgehead atoms. The Morgan fingerprint density at radius 3 is 2.10 bits per heavy atom. The third-order valence-electron chi connectivity index (χ3n) is 4.61. The van der Waals surface area contributed by atoms with Crippen molar-refractivity contribution in [1.82, 2.24) is 0 Å². The van der Waals surface area contributed by atoms with Crippen LogP contribution in [0.25, 0.3) is 0 Å². The molecular weight excluding hydrogens is 256 g/mol. The van der Waals surface area contributed by atoms with E-state index in [0.717, 1.165) is 19.3 Å². The minimum absolute atomic E-state index is 0.195. The average Bonchev–Trinajstić information content (AvgIpc) is 2.47. The van der Waals surface area contributed by atoms with Gasteiger partial charge in [0, 0.05) is 0 Å². The summed E-state index contributed by atoms with van der Waals surface area (Å²) in [5.74, 6) is 0.997. The lowest BCUT2D eigenvalue weighted by Gasteiger charge is -2.26. The van der Waals surface area contributed by atoms with Gasteiger partial charge in [-0.15, -0.1) is 0 Å². The normalized spacial score (nSPS) is 13.7.